The molecule has 0 bridgehead atoms. The summed E-state index contributed by atoms with van der Waals surface area (Å²) in [4.78, 5) is 24.9. The zero-order valence-corrected chi connectivity index (χ0v) is 9.65. The van der Waals surface area contributed by atoms with Crippen molar-refractivity contribution in [1.29, 1.82) is 0 Å². The van der Waals surface area contributed by atoms with Gasteiger partial charge < -0.3 is 4.90 Å². The second-order valence-corrected chi connectivity index (χ2v) is 4.28. The summed E-state index contributed by atoms with van der Waals surface area (Å²) in [6, 6.07) is 5.90. The average Bonchev–Trinajstić information content (AvgIpc) is 2.29. The van der Waals surface area contributed by atoms with Crippen molar-refractivity contribution in [2.24, 2.45) is 5.92 Å². The van der Waals surface area contributed by atoms with Gasteiger partial charge >= 0.3 is 0 Å². The van der Waals surface area contributed by atoms with E-state index in [4.69, 9.17) is 0 Å². The second-order valence-electron chi connectivity index (χ2n) is 4.28. The summed E-state index contributed by atoms with van der Waals surface area (Å²) in [5.41, 5.74) is 0.529. The van der Waals surface area contributed by atoms with Gasteiger partial charge in [0.15, 0.2) is 0 Å². The molecule has 0 radical (unpaired) electrons. The Morgan fingerprint density at radius 3 is 2.88 bits per heavy atom. The van der Waals surface area contributed by atoms with E-state index >= 15 is 0 Å². The molecule has 90 valence electrons. The van der Waals surface area contributed by atoms with E-state index in [1.165, 1.54) is 24.0 Å². The highest BCUT2D eigenvalue weighted by atomic mass is 19.1. The maximum atomic E-state index is 13.1. The van der Waals surface area contributed by atoms with Crippen molar-refractivity contribution in [2.45, 2.75) is 19.8 Å². The number of Topliss-reactive ketones (excluding diaryl/α,β-unsaturated/α-hetero) is 1. The Bertz CT molecular complexity index is 458. The summed E-state index contributed by atoms with van der Waals surface area (Å²) in [5, 5.41) is 0. The number of amides is 1. The number of carbonyl (C=O) groups excluding carboxylic acids is 2. The van der Waals surface area contributed by atoms with E-state index in [0.717, 1.165) is 6.42 Å². The molecule has 1 amide bonds. The van der Waals surface area contributed by atoms with Gasteiger partial charge in [-0.1, -0.05) is 6.07 Å². The molecule has 0 aromatic heterocycles. The summed E-state index contributed by atoms with van der Waals surface area (Å²) in [5.74, 6) is -1.27. The van der Waals surface area contributed by atoms with Crippen LogP contribution in [-0.2, 0) is 9.59 Å². The number of nitrogens with zero attached hydrogens (tertiary/aromatic N) is 1. The SMILES string of the molecule is CC(=O)C1CCCN(c2cccc(F)c2)C1=O. The van der Waals surface area contributed by atoms with Gasteiger partial charge in [-0.3, -0.25) is 9.59 Å². The third-order valence-electron chi connectivity index (χ3n) is 3.05. The molecule has 1 aliphatic heterocycles. The lowest BCUT2D eigenvalue weighted by Crippen LogP contribution is -2.43. The van der Waals surface area contributed by atoms with Crippen molar-refractivity contribution in [3.05, 3.63) is 30.1 Å². The van der Waals surface area contributed by atoms with Crippen molar-refractivity contribution in [1.82, 2.24) is 0 Å². The number of hydrogen-bond donors (Lipinski definition) is 0. The molecule has 1 aliphatic rings. The molecule has 1 saturated heterocycles. The van der Waals surface area contributed by atoms with Gasteiger partial charge in [-0.15, -0.1) is 0 Å². The minimum Gasteiger partial charge on any atom is -0.312 e. The van der Waals surface area contributed by atoms with Gasteiger partial charge in [-0.25, -0.2) is 4.39 Å². The van der Waals surface area contributed by atoms with E-state index < -0.39 is 5.92 Å². The van der Waals surface area contributed by atoms with E-state index in [1.807, 2.05) is 0 Å². The van der Waals surface area contributed by atoms with Crippen molar-refractivity contribution < 1.29 is 14.0 Å². The number of halogens is 1. The highest BCUT2D eigenvalue weighted by Gasteiger charge is 2.32. The van der Waals surface area contributed by atoms with E-state index in [1.54, 1.807) is 12.1 Å². The Morgan fingerprint density at radius 2 is 2.24 bits per heavy atom. The Hall–Kier alpha value is -1.71. The molecule has 2 rings (SSSR count). The number of piperidine rings is 1. The molecule has 4 heteroatoms. The molecule has 1 aromatic carbocycles. The molecular weight excluding hydrogens is 221 g/mol. The first kappa shape index (κ1) is 11.8. The largest absolute Gasteiger partial charge is 0.312 e. The van der Waals surface area contributed by atoms with Crippen LogP contribution in [0.1, 0.15) is 19.8 Å². The van der Waals surface area contributed by atoms with Gasteiger partial charge in [0.05, 0.1) is 5.92 Å². The number of rotatable bonds is 2. The van der Waals surface area contributed by atoms with Gasteiger partial charge in [-0.05, 0) is 38.0 Å². The van der Waals surface area contributed by atoms with Crippen LogP contribution in [0.15, 0.2) is 24.3 Å². The average molecular weight is 235 g/mol. The zero-order valence-electron chi connectivity index (χ0n) is 9.65. The molecule has 0 spiro atoms. The fourth-order valence-electron chi connectivity index (χ4n) is 2.15. The first-order valence-electron chi connectivity index (χ1n) is 5.67. The normalized spacial score (nSPS) is 20.5. The summed E-state index contributed by atoms with van der Waals surface area (Å²) in [6.07, 6.45) is 1.37. The molecule has 17 heavy (non-hydrogen) atoms. The predicted molar refractivity (Wildman–Crippen MR) is 62.2 cm³/mol. The first-order chi connectivity index (χ1) is 8.09. The van der Waals surface area contributed by atoms with Crippen LogP contribution in [0, 0.1) is 11.7 Å². The molecule has 0 saturated carbocycles. The fraction of sp³-hybridized carbons (Fsp3) is 0.385. The molecule has 1 heterocycles. The Morgan fingerprint density at radius 1 is 1.47 bits per heavy atom. The van der Waals surface area contributed by atoms with Crippen LogP contribution in [0.2, 0.25) is 0 Å². The number of ketones is 1. The third-order valence-corrected chi connectivity index (χ3v) is 3.05. The van der Waals surface area contributed by atoms with E-state index in [2.05, 4.69) is 0 Å². The number of hydrogen-bond acceptors (Lipinski definition) is 2. The fourth-order valence-corrected chi connectivity index (χ4v) is 2.15. The monoisotopic (exact) mass is 235 g/mol. The molecule has 3 nitrogen and oxygen atoms in total. The molecule has 1 unspecified atom stereocenters. The van der Waals surface area contributed by atoms with E-state index in [9.17, 15) is 14.0 Å². The van der Waals surface area contributed by atoms with Crippen LogP contribution in [0.4, 0.5) is 10.1 Å². The Kier molecular flexibility index (Phi) is 3.22. The first-order valence-corrected chi connectivity index (χ1v) is 5.67. The quantitative estimate of drug-likeness (QED) is 0.737. The van der Waals surface area contributed by atoms with Gasteiger partial charge in [0.2, 0.25) is 5.91 Å². The van der Waals surface area contributed by atoms with Gasteiger partial charge in [0, 0.05) is 12.2 Å². The minimum absolute atomic E-state index is 0.115. The Balaban J connectivity index is 2.27. The lowest BCUT2D eigenvalue weighted by molar-refractivity contribution is -0.132. The summed E-state index contributed by atoms with van der Waals surface area (Å²) < 4.78 is 13.1. The van der Waals surface area contributed by atoms with Crippen molar-refractivity contribution >= 4 is 17.4 Å². The van der Waals surface area contributed by atoms with Crippen LogP contribution in [0.3, 0.4) is 0 Å². The standard InChI is InChI=1S/C13H14FNO2/c1-9(16)12-6-3-7-15(13(12)17)11-5-2-4-10(14)8-11/h2,4-5,8,12H,3,6-7H2,1H3. The topological polar surface area (TPSA) is 37.4 Å². The van der Waals surface area contributed by atoms with Crippen molar-refractivity contribution in [3.63, 3.8) is 0 Å². The molecular formula is C13H14FNO2. The summed E-state index contributed by atoms with van der Waals surface area (Å²) >= 11 is 0. The smallest absolute Gasteiger partial charge is 0.237 e. The van der Waals surface area contributed by atoms with E-state index in [-0.39, 0.29) is 17.5 Å². The number of benzene rings is 1. The molecule has 1 fully saturated rings. The van der Waals surface area contributed by atoms with Gasteiger partial charge in [-0.2, -0.15) is 0 Å². The van der Waals surface area contributed by atoms with Crippen molar-refractivity contribution in [2.75, 3.05) is 11.4 Å². The maximum Gasteiger partial charge on any atom is 0.237 e. The van der Waals surface area contributed by atoms with Crippen LogP contribution >= 0.6 is 0 Å². The highest BCUT2D eigenvalue weighted by molar-refractivity contribution is 6.08. The lowest BCUT2D eigenvalue weighted by Gasteiger charge is -2.31. The zero-order chi connectivity index (χ0) is 12.4. The highest BCUT2D eigenvalue weighted by Crippen LogP contribution is 2.25. The predicted octanol–water partition coefficient (Wildman–Crippen LogP) is 2.16. The summed E-state index contributed by atoms with van der Waals surface area (Å²) in [6.45, 7) is 1.98. The maximum absolute atomic E-state index is 13.1. The second kappa shape index (κ2) is 4.65. The van der Waals surface area contributed by atoms with Crippen molar-refractivity contribution in [3.8, 4) is 0 Å². The van der Waals surface area contributed by atoms with Gasteiger partial charge in [0.25, 0.3) is 0 Å². The number of carbonyl (C=O) groups is 2. The summed E-state index contributed by atoms with van der Waals surface area (Å²) in [7, 11) is 0. The minimum atomic E-state index is -0.563. The lowest BCUT2D eigenvalue weighted by atomic mass is 9.93. The molecule has 0 N–H and O–H groups in total. The number of anilines is 1. The molecule has 0 aliphatic carbocycles. The molecule has 1 aromatic rings. The van der Waals surface area contributed by atoms with Crippen LogP contribution in [0.5, 0.6) is 0 Å². The van der Waals surface area contributed by atoms with Gasteiger partial charge in [0.1, 0.15) is 11.6 Å². The van der Waals surface area contributed by atoms with E-state index in [0.29, 0.717) is 18.7 Å². The van der Waals surface area contributed by atoms with Crippen LogP contribution in [-0.4, -0.2) is 18.2 Å². The molecule has 1 atom stereocenters. The van der Waals surface area contributed by atoms with Crippen LogP contribution < -0.4 is 4.90 Å². The Labute approximate surface area is 99.2 Å². The third kappa shape index (κ3) is 2.35. The van der Waals surface area contributed by atoms with Crippen LogP contribution in [0.25, 0.3) is 0 Å².